The van der Waals surface area contributed by atoms with E-state index in [1.807, 2.05) is 6.92 Å². The standard InChI is InChI=1S/C10H15N3S2/c1-6-5-15-9(11-6)7(2)12-10(14)13-8-3-4-8/h5,7-8H,3-4H2,1-2H3,(H2,12,13,14). The molecule has 0 aliphatic heterocycles. The van der Waals surface area contributed by atoms with Crippen molar-refractivity contribution in [2.24, 2.45) is 0 Å². The van der Waals surface area contributed by atoms with E-state index in [9.17, 15) is 0 Å². The molecule has 82 valence electrons. The average Bonchev–Trinajstić information content (AvgIpc) is 2.85. The van der Waals surface area contributed by atoms with E-state index in [2.05, 4.69) is 27.9 Å². The van der Waals surface area contributed by atoms with Crippen molar-refractivity contribution >= 4 is 28.7 Å². The van der Waals surface area contributed by atoms with Crippen LogP contribution in [0, 0.1) is 6.92 Å². The number of hydrogen-bond donors (Lipinski definition) is 2. The van der Waals surface area contributed by atoms with Gasteiger partial charge in [0, 0.05) is 17.1 Å². The third-order valence-electron chi connectivity index (χ3n) is 2.27. The highest BCUT2D eigenvalue weighted by Crippen LogP contribution is 2.20. The largest absolute Gasteiger partial charge is 0.360 e. The molecule has 1 unspecified atom stereocenters. The molecule has 0 spiro atoms. The summed E-state index contributed by atoms with van der Waals surface area (Å²) in [6, 6.07) is 0.803. The number of aryl methyl sites for hydroxylation is 1. The van der Waals surface area contributed by atoms with Crippen molar-refractivity contribution in [2.45, 2.75) is 38.8 Å². The van der Waals surface area contributed by atoms with Crippen LogP contribution >= 0.6 is 23.6 Å². The second-order valence-corrected chi connectivity index (χ2v) is 5.24. The van der Waals surface area contributed by atoms with Gasteiger partial charge in [0.1, 0.15) is 5.01 Å². The molecule has 1 fully saturated rings. The molecule has 1 atom stereocenters. The first-order valence-electron chi connectivity index (χ1n) is 5.14. The van der Waals surface area contributed by atoms with E-state index in [-0.39, 0.29) is 6.04 Å². The zero-order chi connectivity index (χ0) is 10.8. The van der Waals surface area contributed by atoms with Crippen LogP contribution in [0.5, 0.6) is 0 Å². The van der Waals surface area contributed by atoms with Gasteiger partial charge in [-0.05, 0) is 38.9 Å². The van der Waals surface area contributed by atoms with Gasteiger partial charge in [-0.1, -0.05) is 0 Å². The van der Waals surface area contributed by atoms with Crippen LogP contribution in [0.1, 0.15) is 36.5 Å². The van der Waals surface area contributed by atoms with Crippen molar-refractivity contribution in [3.63, 3.8) is 0 Å². The highest BCUT2D eigenvalue weighted by molar-refractivity contribution is 7.80. The summed E-state index contributed by atoms with van der Waals surface area (Å²) >= 11 is 6.88. The second-order valence-electron chi connectivity index (χ2n) is 3.94. The van der Waals surface area contributed by atoms with Crippen LogP contribution in [0.25, 0.3) is 0 Å². The minimum absolute atomic E-state index is 0.197. The number of aromatic nitrogens is 1. The first kappa shape index (κ1) is 10.8. The molecule has 1 heterocycles. The summed E-state index contributed by atoms with van der Waals surface area (Å²) < 4.78 is 0. The smallest absolute Gasteiger partial charge is 0.167 e. The van der Waals surface area contributed by atoms with Crippen LogP contribution < -0.4 is 10.6 Å². The van der Waals surface area contributed by atoms with Gasteiger partial charge in [0.2, 0.25) is 0 Å². The summed E-state index contributed by atoms with van der Waals surface area (Å²) in [4.78, 5) is 4.43. The molecular formula is C10H15N3S2. The summed E-state index contributed by atoms with van der Waals surface area (Å²) in [5.74, 6) is 0. The van der Waals surface area contributed by atoms with Crippen LogP contribution in [0.2, 0.25) is 0 Å². The zero-order valence-electron chi connectivity index (χ0n) is 8.91. The third-order valence-corrected chi connectivity index (χ3v) is 3.65. The van der Waals surface area contributed by atoms with Crippen LogP contribution in [0.4, 0.5) is 0 Å². The fourth-order valence-corrected chi connectivity index (χ4v) is 2.43. The average molecular weight is 241 g/mol. The lowest BCUT2D eigenvalue weighted by molar-refractivity contribution is 0.690. The third kappa shape index (κ3) is 3.14. The fourth-order valence-electron chi connectivity index (χ4n) is 1.28. The molecule has 0 saturated heterocycles. The quantitative estimate of drug-likeness (QED) is 0.795. The van der Waals surface area contributed by atoms with Crippen molar-refractivity contribution in [1.29, 1.82) is 0 Å². The number of thiocarbonyl (C=S) groups is 1. The molecule has 1 aliphatic carbocycles. The maximum atomic E-state index is 5.21. The van der Waals surface area contributed by atoms with Crippen molar-refractivity contribution < 1.29 is 0 Å². The molecule has 0 radical (unpaired) electrons. The van der Waals surface area contributed by atoms with E-state index in [1.165, 1.54) is 12.8 Å². The second kappa shape index (κ2) is 4.45. The molecule has 1 aliphatic rings. The van der Waals surface area contributed by atoms with Crippen molar-refractivity contribution in [3.05, 3.63) is 16.1 Å². The highest BCUT2D eigenvalue weighted by Gasteiger charge is 2.22. The van der Waals surface area contributed by atoms with Crippen LogP contribution in [-0.2, 0) is 0 Å². The van der Waals surface area contributed by atoms with Crippen molar-refractivity contribution in [2.75, 3.05) is 0 Å². The number of hydrogen-bond acceptors (Lipinski definition) is 3. The first-order valence-corrected chi connectivity index (χ1v) is 6.43. The van der Waals surface area contributed by atoms with Gasteiger partial charge in [-0.15, -0.1) is 11.3 Å². The SMILES string of the molecule is Cc1csc(C(C)NC(=S)NC2CC2)n1. The number of nitrogens with one attached hydrogen (secondary N) is 2. The summed E-state index contributed by atoms with van der Waals surface area (Å²) in [5, 5.41) is 10.4. The molecule has 0 amide bonds. The monoisotopic (exact) mass is 241 g/mol. The lowest BCUT2D eigenvalue weighted by atomic mass is 10.3. The number of nitrogens with zero attached hydrogens (tertiary/aromatic N) is 1. The number of rotatable bonds is 3. The van der Waals surface area contributed by atoms with Gasteiger partial charge in [-0.3, -0.25) is 0 Å². The van der Waals surface area contributed by atoms with Crippen molar-refractivity contribution in [3.8, 4) is 0 Å². The molecule has 1 saturated carbocycles. The molecular weight excluding hydrogens is 226 g/mol. The molecule has 5 heteroatoms. The fraction of sp³-hybridized carbons (Fsp3) is 0.600. The maximum Gasteiger partial charge on any atom is 0.167 e. The van der Waals surface area contributed by atoms with Gasteiger partial charge in [-0.25, -0.2) is 4.98 Å². The zero-order valence-corrected chi connectivity index (χ0v) is 10.5. The summed E-state index contributed by atoms with van der Waals surface area (Å²) in [6.45, 7) is 4.09. The maximum absolute atomic E-state index is 5.21. The molecule has 1 aromatic heterocycles. The van der Waals surface area contributed by atoms with Gasteiger partial charge >= 0.3 is 0 Å². The minimum atomic E-state index is 0.197. The van der Waals surface area contributed by atoms with E-state index < -0.39 is 0 Å². The predicted octanol–water partition coefficient (Wildman–Crippen LogP) is 2.14. The summed E-state index contributed by atoms with van der Waals surface area (Å²) in [6.07, 6.45) is 2.49. The van der Waals surface area contributed by atoms with Gasteiger partial charge in [-0.2, -0.15) is 0 Å². The Balaban J connectivity index is 1.85. The topological polar surface area (TPSA) is 37.0 Å². The molecule has 2 rings (SSSR count). The Bertz CT molecular complexity index is 357. The Hall–Kier alpha value is -0.680. The van der Waals surface area contributed by atoms with E-state index in [0.717, 1.165) is 15.8 Å². The van der Waals surface area contributed by atoms with E-state index in [0.29, 0.717) is 6.04 Å². The first-order chi connectivity index (χ1) is 7.15. The number of thiazole rings is 1. The minimum Gasteiger partial charge on any atom is -0.360 e. The summed E-state index contributed by atoms with van der Waals surface area (Å²) in [5.41, 5.74) is 1.07. The van der Waals surface area contributed by atoms with Gasteiger partial charge in [0.05, 0.1) is 6.04 Å². The van der Waals surface area contributed by atoms with Gasteiger partial charge < -0.3 is 10.6 Å². The van der Waals surface area contributed by atoms with Crippen LogP contribution in [0.15, 0.2) is 5.38 Å². The van der Waals surface area contributed by atoms with Gasteiger partial charge in [0.15, 0.2) is 5.11 Å². The van der Waals surface area contributed by atoms with E-state index in [1.54, 1.807) is 11.3 Å². The lowest BCUT2D eigenvalue weighted by Crippen LogP contribution is -2.37. The molecule has 15 heavy (non-hydrogen) atoms. The van der Waals surface area contributed by atoms with Crippen LogP contribution in [-0.4, -0.2) is 16.1 Å². The van der Waals surface area contributed by atoms with Crippen LogP contribution in [0.3, 0.4) is 0 Å². The Morgan fingerprint density at radius 1 is 1.67 bits per heavy atom. The van der Waals surface area contributed by atoms with E-state index in [4.69, 9.17) is 12.2 Å². The molecule has 0 aromatic carbocycles. The van der Waals surface area contributed by atoms with Gasteiger partial charge in [0.25, 0.3) is 0 Å². The Kier molecular flexibility index (Phi) is 3.21. The predicted molar refractivity (Wildman–Crippen MR) is 67.2 cm³/mol. The molecule has 0 bridgehead atoms. The Morgan fingerprint density at radius 2 is 2.40 bits per heavy atom. The van der Waals surface area contributed by atoms with E-state index >= 15 is 0 Å². The normalized spacial score (nSPS) is 17.2. The molecule has 2 N–H and O–H groups in total. The Labute approximate surface area is 99.3 Å². The highest BCUT2D eigenvalue weighted by atomic mass is 32.1. The molecule has 3 nitrogen and oxygen atoms in total. The molecule has 1 aromatic rings. The summed E-state index contributed by atoms with van der Waals surface area (Å²) in [7, 11) is 0. The Morgan fingerprint density at radius 3 is 2.93 bits per heavy atom. The van der Waals surface area contributed by atoms with Crippen molar-refractivity contribution in [1.82, 2.24) is 15.6 Å². The lowest BCUT2D eigenvalue weighted by Gasteiger charge is -2.14.